The number of furan rings is 1. The molecule has 0 spiro atoms. The van der Waals surface area contributed by atoms with Crippen LogP contribution in [0.4, 0.5) is 0 Å². The molecule has 0 bridgehead atoms. The normalized spacial score (nSPS) is 11.9. The third kappa shape index (κ3) is 5.97. The van der Waals surface area contributed by atoms with E-state index in [2.05, 4.69) is 15.6 Å². The van der Waals surface area contributed by atoms with Gasteiger partial charge in [-0.25, -0.2) is 0 Å². The molecule has 0 aliphatic rings. The molecule has 0 fully saturated rings. The highest BCUT2D eigenvalue weighted by atomic mass is 16.5. The van der Waals surface area contributed by atoms with Crippen LogP contribution in [0.1, 0.15) is 19.6 Å². The Labute approximate surface area is 102 Å². The maximum atomic E-state index is 5.42. The predicted molar refractivity (Wildman–Crippen MR) is 68.0 cm³/mol. The van der Waals surface area contributed by atoms with Crippen molar-refractivity contribution in [3.05, 3.63) is 24.2 Å². The summed E-state index contributed by atoms with van der Waals surface area (Å²) in [6.07, 6.45) is 1.92. The Morgan fingerprint density at radius 3 is 2.88 bits per heavy atom. The zero-order chi connectivity index (χ0) is 12.5. The summed E-state index contributed by atoms with van der Waals surface area (Å²) >= 11 is 0. The summed E-state index contributed by atoms with van der Waals surface area (Å²) in [4.78, 5) is 4.10. The van der Waals surface area contributed by atoms with Crippen molar-refractivity contribution in [3.63, 3.8) is 0 Å². The summed E-state index contributed by atoms with van der Waals surface area (Å²) in [5.41, 5.74) is 0. The highest BCUT2D eigenvalue weighted by Crippen LogP contribution is 1.97. The van der Waals surface area contributed by atoms with Gasteiger partial charge in [0.1, 0.15) is 5.76 Å². The van der Waals surface area contributed by atoms with Crippen molar-refractivity contribution < 1.29 is 9.15 Å². The molecule has 1 aromatic rings. The standard InChI is InChI=1S/C12H21N3O2/c1-10(2)16-8-6-14-12(13-3)15-9-11-5-4-7-17-11/h4-5,7,10H,6,8-9H2,1-3H3,(H2,13,14,15). The number of ether oxygens (including phenoxy) is 1. The fourth-order valence-corrected chi connectivity index (χ4v) is 1.27. The van der Waals surface area contributed by atoms with Gasteiger partial charge in [-0.05, 0) is 26.0 Å². The number of nitrogens with one attached hydrogen (secondary N) is 2. The molecule has 96 valence electrons. The molecule has 5 heteroatoms. The van der Waals surface area contributed by atoms with E-state index in [0.29, 0.717) is 13.2 Å². The van der Waals surface area contributed by atoms with E-state index in [-0.39, 0.29) is 6.10 Å². The molecule has 0 aromatic carbocycles. The Kier molecular flexibility index (Phi) is 6.17. The molecule has 0 atom stereocenters. The van der Waals surface area contributed by atoms with Gasteiger partial charge in [0.15, 0.2) is 5.96 Å². The highest BCUT2D eigenvalue weighted by Gasteiger charge is 1.99. The lowest BCUT2D eigenvalue weighted by Gasteiger charge is -2.12. The molecule has 17 heavy (non-hydrogen) atoms. The predicted octanol–water partition coefficient (Wildman–Crippen LogP) is 1.37. The summed E-state index contributed by atoms with van der Waals surface area (Å²) < 4.78 is 10.6. The number of nitrogens with zero attached hydrogens (tertiary/aromatic N) is 1. The fraction of sp³-hybridized carbons (Fsp3) is 0.583. The summed E-state index contributed by atoms with van der Waals surface area (Å²) in [7, 11) is 1.74. The van der Waals surface area contributed by atoms with Gasteiger partial charge < -0.3 is 19.8 Å². The van der Waals surface area contributed by atoms with Gasteiger partial charge in [-0.1, -0.05) is 0 Å². The quantitative estimate of drug-likeness (QED) is 0.447. The van der Waals surface area contributed by atoms with E-state index in [9.17, 15) is 0 Å². The van der Waals surface area contributed by atoms with Gasteiger partial charge >= 0.3 is 0 Å². The lowest BCUT2D eigenvalue weighted by Crippen LogP contribution is -2.38. The first-order valence-electron chi connectivity index (χ1n) is 5.81. The van der Waals surface area contributed by atoms with Gasteiger partial charge in [0, 0.05) is 13.6 Å². The van der Waals surface area contributed by atoms with Crippen LogP contribution in [-0.2, 0) is 11.3 Å². The molecular weight excluding hydrogens is 218 g/mol. The van der Waals surface area contributed by atoms with Crippen LogP contribution in [0, 0.1) is 0 Å². The third-order valence-corrected chi connectivity index (χ3v) is 2.08. The minimum Gasteiger partial charge on any atom is -0.467 e. The van der Waals surface area contributed by atoms with E-state index in [4.69, 9.17) is 9.15 Å². The number of hydrogen-bond donors (Lipinski definition) is 2. The van der Waals surface area contributed by atoms with Crippen LogP contribution in [0.3, 0.4) is 0 Å². The molecule has 0 unspecified atom stereocenters. The van der Waals surface area contributed by atoms with Gasteiger partial charge in [-0.15, -0.1) is 0 Å². The van der Waals surface area contributed by atoms with Crippen LogP contribution in [0.5, 0.6) is 0 Å². The lowest BCUT2D eigenvalue weighted by atomic mass is 10.4. The average molecular weight is 239 g/mol. The minimum absolute atomic E-state index is 0.259. The Morgan fingerprint density at radius 2 is 2.29 bits per heavy atom. The number of hydrogen-bond acceptors (Lipinski definition) is 3. The smallest absolute Gasteiger partial charge is 0.191 e. The monoisotopic (exact) mass is 239 g/mol. The van der Waals surface area contributed by atoms with Crippen molar-refractivity contribution in [2.24, 2.45) is 4.99 Å². The highest BCUT2D eigenvalue weighted by molar-refractivity contribution is 5.79. The first kappa shape index (κ1) is 13.6. The van der Waals surface area contributed by atoms with Crippen LogP contribution < -0.4 is 10.6 Å². The van der Waals surface area contributed by atoms with Gasteiger partial charge in [-0.3, -0.25) is 4.99 Å². The van der Waals surface area contributed by atoms with Crippen molar-refractivity contribution in [1.82, 2.24) is 10.6 Å². The Morgan fingerprint density at radius 1 is 1.47 bits per heavy atom. The molecule has 0 aliphatic heterocycles. The zero-order valence-electron chi connectivity index (χ0n) is 10.7. The van der Waals surface area contributed by atoms with Gasteiger partial charge in [-0.2, -0.15) is 0 Å². The SMILES string of the molecule is CN=C(NCCOC(C)C)NCc1ccco1. The second-order valence-corrected chi connectivity index (χ2v) is 3.85. The van der Waals surface area contributed by atoms with Gasteiger partial charge in [0.05, 0.1) is 25.5 Å². The molecule has 0 saturated carbocycles. The Balaban J connectivity index is 2.16. The van der Waals surface area contributed by atoms with Crippen molar-refractivity contribution in [1.29, 1.82) is 0 Å². The maximum absolute atomic E-state index is 5.42. The van der Waals surface area contributed by atoms with Crippen molar-refractivity contribution in [2.45, 2.75) is 26.5 Å². The molecule has 0 saturated heterocycles. The molecular formula is C12H21N3O2. The summed E-state index contributed by atoms with van der Waals surface area (Å²) in [6, 6.07) is 3.78. The Hall–Kier alpha value is -1.49. The summed E-state index contributed by atoms with van der Waals surface area (Å²) in [5.74, 6) is 1.63. The average Bonchev–Trinajstić information content (AvgIpc) is 2.81. The van der Waals surface area contributed by atoms with Crippen LogP contribution in [-0.4, -0.2) is 32.3 Å². The maximum Gasteiger partial charge on any atom is 0.191 e. The Bertz CT molecular complexity index is 321. The molecule has 1 heterocycles. The van der Waals surface area contributed by atoms with Gasteiger partial charge in [0.25, 0.3) is 0 Å². The molecule has 2 N–H and O–H groups in total. The molecule has 1 rings (SSSR count). The van der Waals surface area contributed by atoms with Crippen LogP contribution in [0.25, 0.3) is 0 Å². The van der Waals surface area contributed by atoms with Gasteiger partial charge in [0.2, 0.25) is 0 Å². The van der Waals surface area contributed by atoms with E-state index in [0.717, 1.165) is 18.3 Å². The third-order valence-electron chi connectivity index (χ3n) is 2.08. The molecule has 0 aliphatic carbocycles. The molecule has 0 radical (unpaired) electrons. The molecule has 0 amide bonds. The van der Waals surface area contributed by atoms with Crippen LogP contribution in [0.2, 0.25) is 0 Å². The van der Waals surface area contributed by atoms with Crippen molar-refractivity contribution in [3.8, 4) is 0 Å². The van der Waals surface area contributed by atoms with E-state index in [1.54, 1.807) is 13.3 Å². The number of guanidine groups is 1. The van der Waals surface area contributed by atoms with Crippen molar-refractivity contribution in [2.75, 3.05) is 20.2 Å². The van der Waals surface area contributed by atoms with Crippen LogP contribution in [0.15, 0.2) is 27.8 Å². The molecule has 1 aromatic heterocycles. The second-order valence-electron chi connectivity index (χ2n) is 3.85. The minimum atomic E-state index is 0.259. The van der Waals surface area contributed by atoms with E-state index in [1.165, 1.54) is 0 Å². The summed E-state index contributed by atoms with van der Waals surface area (Å²) in [5, 5.41) is 6.31. The van der Waals surface area contributed by atoms with Crippen LogP contribution >= 0.6 is 0 Å². The second kappa shape index (κ2) is 7.73. The largest absolute Gasteiger partial charge is 0.467 e. The molecule has 5 nitrogen and oxygen atoms in total. The fourth-order valence-electron chi connectivity index (χ4n) is 1.27. The lowest BCUT2D eigenvalue weighted by molar-refractivity contribution is 0.0829. The summed E-state index contributed by atoms with van der Waals surface area (Å²) in [6.45, 7) is 6.06. The zero-order valence-corrected chi connectivity index (χ0v) is 10.7. The van der Waals surface area contributed by atoms with E-state index in [1.807, 2.05) is 26.0 Å². The number of aliphatic imine (C=N–C) groups is 1. The number of rotatable bonds is 6. The van der Waals surface area contributed by atoms with Crippen molar-refractivity contribution >= 4 is 5.96 Å². The van der Waals surface area contributed by atoms with E-state index < -0.39 is 0 Å². The van der Waals surface area contributed by atoms with E-state index >= 15 is 0 Å². The first-order chi connectivity index (χ1) is 8.22. The first-order valence-corrected chi connectivity index (χ1v) is 5.81. The topological polar surface area (TPSA) is 58.8 Å².